The van der Waals surface area contributed by atoms with Crippen LogP contribution in [0.1, 0.15) is 83.9 Å². The summed E-state index contributed by atoms with van der Waals surface area (Å²) in [4.78, 5) is 106. The maximum Gasteiger partial charge on any atom is 0.408 e. The smallest absolute Gasteiger partial charge is 0.408 e. The highest BCUT2D eigenvalue weighted by atomic mass is 16.6. The van der Waals surface area contributed by atoms with E-state index >= 15 is 0 Å². The second-order valence-corrected chi connectivity index (χ2v) is 18.2. The van der Waals surface area contributed by atoms with Crippen molar-refractivity contribution in [2.45, 2.75) is 117 Å². The molecule has 2 aliphatic rings. The molecule has 8 atom stereocenters. The van der Waals surface area contributed by atoms with Crippen molar-refractivity contribution in [3.63, 3.8) is 0 Å². The highest BCUT2D eigenvalue weighted by Gasteiger charge is 2.44. The number of alkyl carbamates (subject to hydrolysis) is 1. The topological polar surface area (TPSA) is 268 Å². The van der Waals surface area contributed by atoms with E-state index in [2.05, 4.69) is 15.6 Å². The molecule has 380 valence electrons. The molecule has 3 heterocycles. The van der Waals surface area contributed by atoms with Gasteiger partial charge in [-0.2, -0.15) is 0 Å². The number of ether oxygens (including phenoxy) is 8. The normalized spacial score (nSPS) is 23.0. The lowest BCUT2D eigenvalue weighted by atomic mass is 9.91. The number of hydrogen-bond donors (Lipinski definition) is 3. The van der Waals surface area contributed by atoms with Gasteiger partial charge in [0.15, 0.2) is 41.5 Å². The van der Waals surface area contributed by atoms with Gasteiger partial charge in [0.1, 0.15) is 42.9 Å². The van der Waals surface area contributed by atoms with Gasteiger partial charge in [-0.25, -0.2) is 19.4 Å². The summed E-state index contributed by atoms with van der Waals surface area (Å²) < 4.78 is 43.2. The van der Waals surface area contributed by atoms with Crippen molar-refractivity contribution in [2.24, 2.45) is 23.7 Å². The van der Waals surface area contributed by atoms with Crippen molar-refractivity contribution in [1.29, 1.82) is 0 Å². The number of rotatable bonds is 12. The number of esters is 6. The van der Waals surface area contributed by atoms with Gasteiger partial charge >= 0.3 is 41.9 Å². The van der Waals surface area contributed by atoms with E-state index in [1.54, 1.807) is 48.5 Å². The minimum absolute atomic E-state index is 0.0100. The van der Waals surface area contributed by atoms with Crippen LogP contribution in [-0.2, 0) is 74.8 Å². The van der Waals surface area contributed by atoms with Crippen LogP contribution in [0, 0.1) is 23.7 Å². The fraction of sp³-hybridized carbons (Fsp3) is 0.500. The first kappa shape index (κ1) is 55.3. The van der Waals surface area contributed by atoms with Crippen molar-refractivity contribution < 1.29 is 81.4 Å². The van der Waals surface area contributed by atoms with E-state index in [9.17, 15) is 43.5 Å². The highest BCUT2D eigenvalue weighted by molar-refractivity contribution is 5.98. The summed E-state index contributed by atoms with van der Waals surface area (Å²) in [6, 6.07) is 16.9. The van der Waals surface area contributed by atoms with Crippen LogP contribution in [0.2, 0.25) is 0 Å². The van der Waals surface area contributed by atoms with Crippen LogP contribution in [-0.4, -0.2) is 120 Å². The molecule has 2 amide bonds. The number of hydrogen-bond acceptors (Lipinski definition) is 18. The molecule has 5 rings (SSSR count). The first-order valence-corrected chi connectivity index (χ1v) is 22.7. The number of aromatic nitrogens is 1. The van der Waals surface area contributed by atoms with Gasteiger partial charge in [-0.3, -0.25) is 24.0 Å². The third-order valence-corrected chi connectivity index (χ3v) is 10.6. The molecule has 20 heteroatoms. The highest BCUT2D eigenvalue weighted by Crippen LogP contribution is 2.29. The molecule has 0 radical (unpaired) electrons. The van der Waals surface area contributed by atoms with Crippen LogP contribution in [0.15, 0.2) is 72.9 Å². The number of benzene rings is 2. The van der Waals surface area contributed by atoms with Crippen LogP contribution >= 0.6 is 0 Å². The fourth-order valence-corrected chi connectivity index (χ4v) is 6.94. The second kappa shape index (κ2) is 25.4. The summed E-state index contributed by atoms with van der Waals surface area (Å²) in [6.07, 6.45) is -3.45. The molecule has 0 bridgehead atoms. The van der Waals surface area contributed by atoms with Crippen molar-refractivity contribution in [3.05, 3.63) is 89.7 Å². The Balaban J connectivity index is 0.000000307. The van der Waals surface area contributed by atoms with Crippen LogP contribution in [0.25, 0.3) is 0 Å². The summed E-state index contributed by atoms with van der Waals surface area (Å²) >= 11 is 0. The summed E-state index contributed by atoms with van der Waals surface area (Å²) in [7, 11) is 1.31. The van der Waals surface area contributed by atoms with Gasteiger partial charge in [-0.05, 0) is 58.6 Å². The Morgan fingerprint density at radius 3 is 1.51 bits per heavy atom. The van der Waals surface area contributed by atoms with Gasteiger partial charge in [0.2, 0.25) is 0 Å². The molecule has 0 spiro atoms. The van der Waals surface area contributed by atoms with Gasteiger partial charge < -0.3 is 53.6 Å². The molecule has 3 aromatic rings. The van der Waals surface area contributed by atoms with Crippen molar-refractivity contribution in [3.8, 4) is 11.5 Å². The largest absolute Gasteiger partial charge is 0.503 e. The monoisotopic (exact) mass is 977 g/mol. The minimum Gasteiger partial charge on any atom is -0.503 e. The molecule has 20 nitrogen and oxygen atoms in total. The summed E-state index contributed by atoms with van der Waals surface area (Å²) in [5.74, 6) is -8.49. The molecule has 2 fully saturated rings. The molecule has 0 aliphatic carbocycles. The Morgan fingerprint density at radius 2 is 1.11 bits per heavy atom. The van der Waals surface area contributed by atoms with Gasteiger partial charge in [0.25, 0.3) is 5.91 Å². The molecular weight excluding hydrogens is 915 g/mol. The minimum atomic E-state index is -1.41. The molecular formula is C50H63N3O17. The lowest BCUT2D eigenvalue weighted by molar-refractivity contribution is -0.176. The Hall–Kier alpha value is -7.25. The lowest BCUT2D eigenvalue weighted by Crippen LogP contribution is -2.48. The number of aromatic hydroxyl groups is 1. The fourth-order valence-electron chi connectivity index (χ4n) is 6.94. The van der Waals surface area contributed by atoms with Gasteiger partial charge in [0, 0.05) is 12.3 Å². The molecule has 3 N–H and O–H groups in total. The maximum atomic E-state index is 13.2. The molecule has 2 aliphatic heterocycles. The number of pyridine rings is 1. The second-order valence-electron chi connectivity index (χ2n) is 18.2. The Morgan fingerprint density at radius 1 is 0.686 bits per heavy atom. The third-order valence-electron chi connectivity index (χ3n) is 10.6. The quantitative estimate of drug-likeness (QED) is 0.165. The number of carbonyl (C=O) groups is 8. The van der Waals surface area contributed by atoms with E-state index in [1.165, 1.54) is 33.2 Å². The van der Waals surface area contributed by atoms with Crippen LogP contribution < -0.4 is 15.4 Å². The van der Waals surface area contributed by atoms with Crippen LogP contribution in [0.3, 0.4) is 0 Å². The van der Waals surface area contributed by atoms with E-state index < -0.39 is 138 Å². The zero-order valence-corrected chi connectivity index (χ0v) is 41.0. The number of amides is 2. The Labute approximate surface area is 406 Å². The standard InChI is InChI=1S/C26H30N2O9.C24H33NO8/c1-14(2)24(31)37-22-15(3)36-26(33)18(28-23(30)20-21(29)19(34-4)10-11-27-20)13-35-25(32)17(22)12-16-8-6-5-7-9-16;1-14(2)20(26)32-19-15(3)31-22(28)18(25-23(29)33-24(4,5)6)13-30-21(27)17(19)12-16-10-8-7-9-11-16/h5-11,14-15,17-18,22,29H,12-13H2,1-4H3,(H,28,30);7-11,14-15,17-19H,12-13H2,1-6H3,(H,25,29)/t15-,17+,18-,22-;15-,17+,18-,19-/m00/s1. The van der Waals surface area contributed by atoms with E-state index in [4.69, 9.17) is 37.9 Å². The zero-order chi connectivity index (χ0) is 51.9. The zero-order valence-electron chi connectivity index (χ0n) is 41.0. The van der Waals surface area contributed by atoms with E-state index in [0.717, 1.165) is 11.1 Å². The molecule has 0 unspecified atom stereocenters. The number of cyclic esters (lactones) is 4. The van der Waals surface area contributed by atoms with Gasteiger partial charge in [-0.15, -0.1) is 0 Å². The predicted octanol–water partition coefficient (Wildman–Crippen LogP) is 4.60. The number of carbonyl (C=O) groups excluding carboxylic acids is 8. The van der Waals surface area contributed by atoms with E-state index in [0.29, 0.717) is 0 Å². The molecule has 70 heavy (non-hydrogen) atoms. The predicted molar refractivity (Wildman–Crippen MR) is 247 cm³/mol. The van der Waals surface area contributed by atoms with Gasteiger partial charge in [-0.1, -0.05) is 88.4 Å². The van der Waals surface area contributed by atoms with Crippen molar-refractivity contribution in [2.75, 3.05) is 20.3 Å². The van der Waals surface area contributed by atoms with E-state index in [1.807, 2.05) is 60.7 Å². The maximum absolute atomic E-state index is 13.2. The average molecular weight is 978 g/mol. The third kappa shape index (κ3) is 16.2. The van der Waals surface area contributed by atoms with E-state index in [-0.39, 0.29) is 18.6 Å². The van der Waals surface area contributed by atoms with Crippen molar-refractivity contribution >= 4 is 47.8 Å². The van der Waals surface area contributed by atoms with Crippen molar-refractivity contribution in [1.82, 2.24) is 15.6 Å². The average Bonchev–Trinajstić information content (AvgIpc) is 3.36. The summed E-state index contributed by atoms with van der Waals surface area (Å²) in [5.41, 5.74) is 0.438. The summed E-state index contributed by atoms with van der Waals surface area (Å²) in [5, 5.41) is 15.0. The first-order chi connectivity index (χ1) is 33.0. The van der Waals surface area contributed by atoms with Crippen LogP contribution in [0.5, 0.6) is 11.5 Å². The van der Waals surface area contributed by atoms with Gasteiger partial charge in [0.05, 0.1) is 18.9 Å². The number of nitrogens with one attached hydrogen (secondary N) is 2. The Kier molecular flexibility index (Phi) is 20.1. The number of nitrogens with zero attached hydrogens (tertiary/aromatic N) is 1. The number of methoxy groups -OCH3 is 1. The lowest BCUT2D eigenvalue weighted by Gasteiger charge is -2.29. The van der Waals surface area contributed by atoms with Crippen LogP contribution in [0.4, 0.5) is 4.79 Å². The molecule has 2 saturated heterocycles. The first-order valence-electron chi connectivity index (χ1n) is 22.7. The summed E-state index contributed by atoms with van der Waals surface area (Å²) in [6.45, 7) is 13.7. The Bertz CT molecular complexity index is 2300. The molecule has 2 aromatic carbocycles. The SMILES string of the molecule is CC(C)C(=O)O[C@H]1[C@H](C)OC(=O)[C@@H](NC(=O)OC(C)(C)C)COC(=O)[C@@H]1Cc1ccccc1.COc1ccnc(C(=O)N[C@H]2COC(=O)[C@H](Cc3ccccc3)[C@@H](OC(=O)C(C)C)[C@H](C)OC2=O)c1O. The molecule has 1 aromatic heterocycles. The molecule has 0 saturated carbocycles.